The lowest BCUT2D eigenvalue weighted by molar-refractivity contribution is -0.163. The molecule has 4 rings (SSSR count). The van der Waals surface area contributed by atoms with Crippen LogP contribution in [0.3, 0.4) is 0 Å². The average Bonchev–Trinajstić information content (AvgIpc) is 2.97. The van der Waals surface area contributed by atoms with Crippen LogP contribution in [0.4, 0.5) is 0 Å². The van der Waals surface area contributed by atoms with Gasteiger partial charge in [-0.1, -0.05) is 124 Å². The van der Waals surface area contributed by atoms with E-state index in [0.29, 0.717) is 0 Å². The van der Waals surface area contributed by atoms with Crippen LogP contribution in [0.5, 0.6) is 0 Å². The van der Waals surface area contributed by atoms with E-state index in [2.05, 4.69) is 76.8 Å². The second-order valence-electron chi connectivity index (χ2n) is 12.3. The van der Waals surface area contributed by atoms with Crippen LogP contribution in [0, 0.1) is 5.92 Å². The molecule has 222 valence electrons. The number of carbonyl (C=O) groups excluding carboxylic acids is 2. The number of hydrogen-bond acceptors (Lipinski definition) is 5. The summed E-state index contributed by atoms with van der Waals surface area (Å²) < 4.78 is 11.5. The second kappa shape index (κ2) is 13.0. The van der Waals surface area contributed by atoms with Crippen molar-refractivity contribution in [1.82, 2.24) is 4.90 Å². The van der Waals surface area contributed by atoms with Crippen molar-refractivity contribution in [2.75, 3.05) is 13.2 Å². The Labute approximate surface area is 256 Å². The van der Waals surface area contributed by atoms with Gasteiger partial charge in [0.1, 0.15) is 13.2 Å². The Hall–Kier alpha value is -3.13. The molecule has 0 aromatic heterocycles. The highest BCUT2D eigenvalue weighted by atomic mass is 32.2. The summed E-state index contributed by atoms with van der Waals surface area (Å²) in [6.07, 6.45) is 1.21. The zero-order valence-corrected chi connectivity index (χ0v) is 27.4. The number of β-lactam (4-membered cyclic amide) rings is 1. The molecule has 1 fully saturated rings. The summed E-state index contributed by atoms with van der Waals surface area (Å²) in [6.45, 7) is 16.7. The van der Waals surface area contributed by atoms with E-state index in [0.717, 1.165) is 16.7 Å². The molecule has 0 bridgehead atoms. The van der Waals surface area contributed by atoms with Gasteiger partial charge in [-0.2, -0.15) is 0 Å². The van der Waals surface area contributed by atoms with E-state index in [-0.39, 0.29) is 35.6 Å². The topological polar surface area (TPSA) is 55.8 Å². The Bertz CT molecular complexity index is 1260. The average molecular weight is 602 g/mol. The van der Waals surface area contributed by atoms with Crippen LogP contribution in [0.2, 0.25) is 18.1 Å². The van der Waals surface area contributed by atoms with Crippen molar-refractivity contribution in [3.8, 4) is 0 Å². The van der Waals surface area contributed by atoms with Crippen LogP contribution in [-0.4, -0.2) is 49.7 Å². The molecule has 0 spiro atoms. The number of hydrogen-bond donors (Lipinski definition) is 0. The molecule has 0 saturated carbocycles. The van der Waals surface area contributed by atoms with Gasteiger partial charge in [0.25, 0.3) is 0 Å². The van der Waals surface area contributed by atoms with Gasteiger partial charge in [-0.3, -0.25) is 9.59 Å². The molecule has 0 N–H and O–H groups in total. The van der Waals surface area contributed by atoms with E-state index in [4.69, 9.17) is 9.16 Å². The van der Waals surface area contributed by atoms with Gasteiger partial charge in [-0.15, -0.1) is 11.8 Å². The number of esters is 1. The van der Waals surface area contributed by atoms with Crippen molar-refractivity contribution in [1.29, 1.82) is 0 Å². The highest BCUT2D eigenvalue weighted by molar-refractivity contribution is 8.01. The summed E-state index contributed by atoms with van der Waals surface area (Å²) in [4.78, 5) is 28.3. The maximum Gasteiger partial charge on any atom is 0.325 e. The third kappa shape index (κ3) is 6.43. The van der Waals surface area contributed by atoms with Crippen molar-refractivity contribution in [3.05, 3.63) is 120 Å². The maximum atomic E-state index is 13.9. The molecule has 1 aliphatic heterocycles. The normalized spacial score (nSPS) is 18.2. The molecule has 5 nitrogen and oxygen atoms in total. The molecule has 1 saturated heterocycles. The third-order valence-corrected chi connectivity index (χ3v) is 14.9. The van der Waals surface area contributed by atoms with E-state index in [1.165, 1.54) is 6.08 Å². The van der Waals surface area contributed by atoms with Gasteiger partial charge < -0.3 is 14.1 Å². The van der Waals surface area contributed by atoms with E-state index in [1.807, 2.05) is 61.5 Å². The Morgan fingerprint density at radius 3 is 1.79 bits per heavy atom. The number of ether oxygens (including phenoxy) is 1. The SMILES string of the molecule is C=CCOC(=O)CN1C(=O)[C@H](C(C)O[Si](C)(C)C(C)(C)C)[C@H]1SC(c1ccccc1)(c1ccccc1)c1ccccc1. The molecule has 0 radical (unpaired) electrons. The van der Waals surface area contributed by atoms with Gasteiger partial charge in [0.15, 0.2) is 8.32 Å². The molecule has 42 heavy (non-hydrogen) atoms. The van der Waals surface area contributed by atoms with Crippen molar-refractivity contribution in [2.45, 2.75) is 62.1 Å². The van der Waals surface area contributed by atoms with E-state index in [1.54, 1.807) is 16.7 Å². The number of amides is 1. The van der Waals surface area contributed by atoms with Crippen LogP contribution in [0.15, 0.2) is 104 Å². The second-order valence-corrected chi connectivity index (χ2v) is 18.4. The molecular formula is C35H43NO4SSi. The fourth-order valence-corrected chi connectivity index (χ4v) is 8.64. The monoisotopic (exact) mass is 601 g/mol. The minimum absolute atomic E-state index is 0.00719. The highest BCUT2D eigenvalue weighted by Crippen LogP contribution is 2.55. The van der Waals surface area contributed by atoms with Gasteiger partial charge in [0.05, 0.1) is 22.1 Å². The van der Waals surface area contributed by atoms with E-state index in [9.17, 15) is 9.59 Å². The van der Waals surface area contributed by atoms with Crippen molar-refractivity contribution < 1.29 is 18.8 Å². The minimum atomic E-state index is -2.18. The molecule has 3 atom stereocenters. The lowest BCUT2D eigenvalue weighted by Gasteiger charge is -2.53. The van der Waals surface area contributed by atoms with Crippen molar-refractivity contribution in [3.63, 3.8) is 0 Å². The first-order valence-electron chi connectivity index (χ1n) is 14.5. The first kappa shape index (κ1) is 31.8. The fraction of sp³-hybridized carbons (Fsp3) is 0.371. The number of thioether (sulfide) groups is 1. The van der Waals surface area contributed by atoms with Crippen LogP contribution in [0.25, 0.3) is 0 Å². The van der Waals surface area contributed by atoms with Crippen LogP contribution >= 0.6 is 11.8 Å². The molecule has 1 aliphatic rings. The number of benzene rings is 3. The summed E-state index contributed by atoms with van der Waals surface area (Å²) in [5.41, 5.74) is 3.29. The Morgan fingerprint density at radius 1 is 0.929 bits per heavy atom. The van der Waals surface area contributed by atoms with Crippen LogP contribution in [-0.2, 0) is 23.5 Å². The van der Waals surface area contributed by atoms with Gasteiger partial charge in [-0.05, 0) is 41.7 Å². The first-order valence-corrected chi connectivity index (χ1v) is 18.3. The van der Waals surface area contributed by atoms with Gasteiger partial charge >= 0.3 is 5.97 Å². The zero-order chi connectivity index (χ0) is 30.5. The highest BCUT2D eigenvalue weighted by Gasteiger charge is 2.56. The largest absolute Gasteiger partial charge is 0.460 e. The molecule has 0 aliphatic carbocycles. The Balaban J connectivity index is 1.84. The lowest BCUT2D eigenvalue weighted by Crippen LogP contribution is -2.66. The molecule has 1 unspecified atom stereocenters. The fourth-order valence-electron chi connectivity index (χ4n) is 5.24. The van der Waals surface area contributed by atoms with Gasteiger partial charge in [-0.25, -0.2) is 0 Å². The number of nitrogens with zero attached hydrogens (tertiary/aromatic N) is 1. The molecule has 3 aromatic carbocycles. The minimum Gasteiger partial charge on any atom is -0.460 e. The number of rotatable bonds is 12. The smallest absolute Gasteiger partial charge is 0.325 e. The predicted molar refractivity (Wildman–Crippen MR) is 175 cm³/mol. The number of likely N-dealkylation sites (tertiary alicyclic amines) is 1. The summed E-state index contributed by atoms with van der Waals surface area (Å²) in [6, 6.07) is 31.2. The van der Waals surface area contributed by atoms with Crippen molar-refractivity contribution >= 4 is 32.0 Å². The summed E-state index contributed by atoms with van der Waals surface area (Å²) in [7, 11) is -2.18. The third-order valence-electron chi connectivity index (χ3n) is 8.48. The quantitative estimate of drug-likeness (QED) is 0.0702. The molecule has 3 aromatic rings. The summed E-state index contributed by atoms with van der Waals surface area (Å²) in [5.74, 6) is -0.959. The maximum absolute atomic E-state index is 13.9. The molecule has 1 heterocycles. The summed E-state index contributed by atoms with van der Waals surface area (Å²) in [5, 5.41) is -0.346. The van der Waals surface area contributed by atoms with Gasteiger partial charge in [0, 0.05) is 0 Å². The summed E-state index contributed by atoms with van der Waals surface area (Å²) >= 11 is 1.70. The molecule has 1 amide bonds. The number of carbonyl (C=O) groups is 2. The standard InChI is InChI=1S/C35H43NO4SSi/c1-8-24-39-30(37)25-36-32(38)31(26(2)40-42(6,7)34(3,4)5)33(36)41-35(27-18-12-9-13-19-27,28-20-14-10-15-21-28)29-22-16-11-17-23-29/h8-23,26,31,33H,1,24-25H2,2-7H3/t26?,31-,33+/m0/s1. The molecular weight excluding hydrogens is 559 g/mol. The Morgan fingerprint density at radius 2 is 1.38 bits per heavy atom. The van der Waals surface area contributed by atoms with Crippen LogP contribution < -0.4 is 0 Å². The van der Waals surface area contributed by atoms with E-state index < -0.39 is 25.0 Å². The predicted octanol–water partition coefficient (Wildman–Crippen LogP) is 7.64. The zero-order valence-electron chi connectivity index (χ0n) is 25.6. The first-order chi connectivity index (χ1) is 19.9. The van der Waals surface area contributed by atoms with Crippen LogP contribution in [0.1, 0.15) is 44.4 Å². The van der Waals surface area contributed by atoms with E-state index >= 15 is 0 Å². The molecule has 7 heteroatoms. The van der Waals surface area contributed by atoms with Crippen molar-refractivity contribution in [2.24, 2.45) is 5.92 Å². The Kier molecular flexibility index (Phi) is 9.86. The van der Waals surface area contributed by atoms with Gasteiger partial charge in [0.2, 0.25) is 5.91 Å². The lowest BCUT2D eigenvalue weighted by atomic mass is 9.84.